The topological polar surface area (TPSA) is 26.3 Å². The van der Waals surface area contributed by atoms with Gasteiger partial charge in [0, 0.05) is 6.42 Å². The maximum Gasteiger partial charge on any atom is 0.306 e. The first-order valence-electron chi connectivity index (χ1n) is 5.44. The minimum atomic E-state index is -0.0258. The third kappa shape index (κ3) is 6.62. The molecule has 0 saturated carbocycles. The average molecular weight is 186 g/mol. The van der Waals surface area contributed by atoms with Crippen LogP contribution in [0.4, 0.5) is 0 Å². The first kappa shape index (κ1) is 12.5. The maximum atomic E-state index is 11.2. The van der Waals surface area contributed by atoms with Gasteiger partial charge in [-0.05, 0) is 19.3 Å². The molecule has 0 radical (unpaired) electrons. The molecule has 13 heavy (non-hydrogen) atoms. The SMILES string of the molecule is CCCCC(=O)OC(CC)CCC. The highest BCUT2D eigenvalue weighted by molar-refractivity contribution is 5.69. The van der Waals surface area contributed by atoms with E-state index in [1.165, 1.54) is 0 Å². The first-order valence-corrected chi connectivity index (χ1v) is 5.44. The summed E-state index contributed by atoms with van der Waals surface area (Å²) in [5.74, 6) is -0.0258. The zero-order chi connectivity index (χ0) is 10.1. The number of esters is 1. The smallest absolute Gasteiger partial charge is 0.306 e. The largest absolute Gasteiger partial charge is 0.462 e. The van der Waals surface area contributed by atoms with Crippen LogP contribution in [0.1, 0.15) is 59.3 Å². The summed E-state index contributed by atoms with van der Waals surface area (Å²) < 4.78 is 5.30. The zero-order valence-corrected chi connectivity index (χ0v) is 9.14. The number of hydrogen-bond acceptors (Lipinski definition) is 2. The third-order valence-electron chi connectivity index (χ3n) is 2.10. The molecule has 0 aliphatic rings. The molecule has 0 aromatic heterocycles. The summed E-state index contributed by atoms with van der Waals surface area (Å²) in [5, 5.41) is 0. The van der Waals surface area contributed by atoms with Gasteiger partial charge in [-0.1, -0.05) is 33.6 Å². The Labute approximate surface area is 81.7 Å². The van der Waals surface area contributed by atoms with Crippen molar-refractivity contribution in [1.29, 1.82) is 0 Å². The molecule has 0 saturated heterocycles. The standard InChI is InChI=1S/C11H22O2/c1-4-7-9-11(12)13-10(6-3)8-5-2/h10H,4-9H2,1-3H3. The van der Waals surface area contributed by atoms with E-state index in [9.17, 15) is 4.79 Å². The van der Waals surface area contributed by atoms with E-state index in [2.05, 4.69) is 20.8 Å². The molecule has 2 nitrogen and oxygen atoms in total. The van der Waals surface area contributed by atoms with Crippen LogP contribution in [0.2, 0.25) is 0 Å². The van der Waals surface area contributed by atoms with Gasteiger partial charge in [0.1, 0.15) is 6.10 Å². The summed E-state index contributed by atoms with van der Waals surface area (Å²) in [6, 6.07) is 0. The number of carbonyl (C=O) groups excluding carboxylic acids is 1. The molecule has 0 rings (SSSR count). The van der Waals surface area contributed by atoms with Crippen LogP contribution in [-0.4, -0.2) is 12.1 Å². The van der Waals surface area contributed by atoms with Crippen LogP contribution in [-0.2, 0) is 9.53 Å². The molecule has 0 fully saturated rings. The first-order chi connectivity index (χ1) is 6.24. The Balaban J connectivity index is 3.60. The zero-order valence-electron chi connectivity index (χ0n) is 9.14. The molecule has 0 aromatic rings. The van der Waals surface area contributed by atoms with Gasteiger partial charge in [-0.3, -0.25) is 4.79 Å². The lowest BCUT2D eigenvalue weighted by molar-refractivity contribution is -0.149. The second-order valence-electron chi connectivity index (χ2n) is 3.41. The Kier molecular flexibility index (Phi) is 7.76. The summed E-state index contributed by atoms with van der Waals surface area (Å²) in [5.41, 5.74) is 0. The number of ether oxygens (including phenoxy) is 1. The summed E-state index contributed by atoms with van der Waals surface area (Å²) in [6.45, 7) is 6.26. The van der Waals surface area contributed by atoms with Crippen LogP contribution in [0.3, 0.4) is 0 Å². The summed E-state index contributed by atoms with van der Waals surface area (Å²) in [4.78, 5) is 11.2. The quantitative estimate of drug-likeness (QED) is 0.570. The Bertz CT molecular complexity index is 132. The van der Waals surface area contributed by atoms with Gasteiger partial charge >= 0.3 is 5.97 Å². The minimum absolute atomic E-state index is 0.0258. The van der Waals surface area contributed by atoms with Crippen LogP contribution < -0.4 is 0 Å². The molecule has 0 bridgehead atoms. The molecule has 0 aromatic carbocycles. The predicted molar refractivity (Wildman–Crippen MR) is 54.6 cm³/mol. The third-order valence-corrected chi connectivity index (χ3v) is 2.10. The van der Waals surface area contributed by atoms with Crippen LogP contribution in [0.15, 0.2) is 0 Å². The molecule has 1 unspecified atom stereocenters. The maximum absolute atomic E-state index is 11.2. The van der Waals surface area contributed by atoms with Crippen molar-refractivity contribution in [1.82, 2.24) is 0 Å². The van der Waals surface area contributed by atoms with Crippen molar-refractivity contribution >= 4 is 5.97 Å². The van der Waals surface area contributed by atoms with Crippen molar-refractivity contribution in [3.63, 3.8) is 0 Å². The van der Waals surface area contributed by atoms with E-state index < -0.39 is 0 Å². The van der Waals surface area contributed by atoms with E-state index in [4.69, 9.17) is 4.74 Å². The molecule has 2 heteroatoms. The second kappa shape index (κ2) is 8.09. The molecule has 0 aliphatic heterocycles. The fourth-order valence-corrected chi connectivity index (χ4v) is 1.23. The van der Waals surface area contributed by atoms with Crippen LogP contribution in [0, 0.1) is 0 Å². The molecule has 0 amide bonds. The number of unbranched alkanes of at least 4 members (excludes halogenated alkanes) is 1. The van der Waals surface area contributed by atoms with Crippen molar-refractivity contribution in [3.05, 3.63) is 0 Å². The lowest BCUT2D eigenvalue weighted by atomic mass is 10.1. The van der Waals surface area contributed by atoms with E-state index in [0.717, 1.165) is 32.1 Å². The van der Waals surface area contributed by atoms with Crippen molar-refractivity contribution in [2.75, 3.05) is 0 Å². The number of hydrogen-bond donors (Lipinski definition) is 0. The van der Waals surface area contributed by atoms with Crippen LogP contribution in [0.25, 0.3) is 0 Å². The van der Waals surface area contributed by atoms with E-state index in [0.29, 0.717) is 6.42 Å². The van der Waals surface area contributed by atoms with Gasteiger partial charge in [-0.15, -0.1) is 0 Å². The van der Waals surface area contributed by atoms with E-state index in [-0.39, 0.29) is 12.1 Å². The summed E-state index contributed by atoms with van der Waals surface area (Å²) >= 11 is 0. The molecule has 0 aliphatic carbocycles. The van der Waals surface area contributed by atoms with Crippen molar-refractivity contribution in [2.45, 2.75) is 65.4 Å². The van der Waals surface area contributed by atoms with E-state index in [1.807, 2.05) is 0 Å². The Hall–Kier alpha value is -0.530. The normalized spacial score (nSPS) is 12.5. The van der Waals surface area contributed by atoms with E-state index >= 15 is 0 Å². The molecular weight excluding hydrogens is 164 g/mol. The molecule has 0 N–H and O–H groups in total. The molecule has 0 heterocycles. The Morgan fingerprint density at radius 1 is 1.23 bits per heavy atom. The fraction of sp³-hybridized carbons (Fsp3) is 0.909. The van der Waals surface area contributed by atoms with Gasteiger partial charge in [0.15, 0.2) is 0 Å². The average Bonchev–Trinajstić information content (AvgIpc) is 2.14. The Morgan fingerprint density at radius 2 is 1.92 bits per heavy atom. The van der Waals surface area contributed by atoms with Gasteiger partial charge in [0.05, 0.1) is 0 Å². The lowest BCUT2D eigenvalue weighted by Crippen LogP contribution is -2.16. The van der Waals surface area contributed by atoms with E-state index in [1.54, 1.807) is 0 Å². The van der Waals surface area contributed by atoms with Gasteiger partial charge < -0.3 is 4.74 Å². The minimum Gasteiger partial charge on any atom is -0.462 e. The van der Waals surface area contributed by atoms with Gasteiger partial charge in [0.25, 0.3) is 0 Å². The second-order valence-corrected chi connectivity index (χ2v) is 3.41. The summed E-state index contributed by atoms with van der Waals surface area (Å²) in [6.07, 6.45) is 5.74. The van der Waals surface area contributed by atoms with Gasteiger partial charge in [0.2, 0.25) is 0 Å². The molecule has 0 spiro atoms. The van der Waals surface area contributed by atoms with Crippen molar-refractivity contribution in [3.8, 4) is 0 Å². The number of rotatable bonds is 7. The van der Waals surface area contributed by atoms with Gasteiger partial charge in [-0.25, -0.2) is 0 Å². The highest BCUT2D eigenvalue weighted by atomic mass is 16.5. The van der Waals surface area contributed by atoms with Gasteiger partial charge in [-0.2, -0.15) is 0 Å². The van der Waals surface area contributed by atoms with Crippen molar-refractivity contribution < 1.29 is 9.53 Å². The van der Waals surface area contributed by atoms with Crippen LogP contribution >= 0.6 is 0 Å². The molecule has 1 atom stereocenters. The molecular formula is C11H22O2. The monoisotopic (exact) mass is 186 g/mol. The summed E-state index contributed by atoms with van der Waals surface area (Å²) in [7, 11) is 0. The highest BCUT2D eigenvalue weighted by Crippen LogP contribution is 2.08. The lowest BCUT2D eigenvalue weighted by Gasteiger charge is -2.14. The highest BCUT2D eigenvalue weighted by Gasteiger charge is 2.10. The van der Waals surface area contributed by atoms with Crippen molar-refractivity contribution in [2.24, 2.45) is 0 Å². The molecule has 78 valence electrons. The fourth-order valence-electron chi connectivity index (χ4n) is 1.23. The Morgan fingerprint density at radius 3 is 2.38 bits per heavy atom. The predicted octanol–water partition coefficient (Wildman–Crippen LogP) is 3.30. The van der Waals surface area contributed by atoms with Crippen LogP contribution in [0.5, 0.6) is 0 Å². The number of carbonyl (C=O) groups is 1.